The van der Waals surface area contributed by atoms with E-state index in [1.165, 1.54) is 0 Å². The molecule has 168 valence electrons. The third kappa shape index (κ3) is 4.18. The lowest BCUT2D eigenvalue weighted by Crippen LogP contribution is -2.51. The fourth-order valence-electron chi connectivity index (χ4n) is 4.73. The average Bonchev–Trinajstić information content (AvgIpc) is 3.31. The van der Waals surface area contributed by atoms with Crippen molar-refractivity contribution in [3.05, 3.63) is 59.7 Å². The van der Waals surface area contributed by atoms with E-state index in [0.29, 0.717) is 12.8 Å². The molecule has 0 bridgehead atoms. The lowest BCUT2D eigenvalue weighted by Gasteiger charge is -2.30. The van der Waals surface area contributed by atoms with Crippen molar-refractivity contribution in [2.75, 3.05) is 13.2 Å². The molecule has 4 rings (SSSR count). The fraction of sp³-hybridized carbons (Fsp3) is 0.375. The van der Waals surface area contributed by atoms with Crippen LogP contribution in [0.4, 0.5) is 4.79 Å². The van der Waals surface area contributed by atoms with E-state index in [9.17, 15) is 14.4 Å². The van der Waals surface area contributed by atoms with Crippen molar-refractivity contribution in [3.63, 3.8) is 0 Å². The number of alkyl carbamates (subject to hydrolysis) is 1. The van der Waals surface area contributed by atoms with Gasteiger partial charge in [0.05, 0.1) is 5.41 Å². The van der Waals surface area contributed by atoms with Crippen LogP contribution in [0.25, 0.3) is 11.1 Å². The predicted molar refractivity (Wildman–Crippen MR) is 116 cm³/mol. The first-order valence-electron chi connectivity index (χ1n) is 10.7. The van der Waals surface area contributed by atoms with Gasteiger partial charge in [-0.25, -0.2) is 15.1 Å². The van der Waals surface area contributed by atoms with Crippen LogP contribution in [0.3, 0.4) is 0 Å². The third-order valence-electron chi connectivity index (χ3n) is 6.47. The molecular formula is C24H26N2O6. The number of carboxylic acid groups (broad SMARTS) is 1. The van der Waals surface area contributed by atoms with Crippen molar-refractivity contribution in [3.8, 4) is 11.1 Å². The minimum Gasteiger partial charge on any atom is -0.479 e. The summed E-state index contributed by atoms with van der Waals surface area (Å²) in [4.78, 5) is 40.5. The Morgan fingerprint density at radius 2 is 1.69 bits per heavy atom. The molecule has 0 saturated heterocycles. The SMILES string of the molecule is CC1(C(=O)NOCC(=O)O)CCCC1NC(=O)OCC1c2ccccc2-c2ccccc21. The highest BCUT2D eigenvalue weighted by molar-refractivity contribution is 5.84. The van der Waals surface area contributed by atoms with Crippen molar-refractivity contribution < 1.29 is 29.1 Å². The second kappa shape index (κ2) is 9.00. The molecule has 2 unspecified atom stereocenters. The molecule has 2 aromatic carbocycles. The van der Waals surface area contributed by atoms with Crippen LogP contribution < -0.4 is 10.8 Å². The minimum atomic E-state index is -1.19. The number of carboxylic acids is 1. The van der Waals surface area contributed by atoms with E-state index in [2.05, 4.69) is 35.1 Å². The van der Waals surface area contributed by atoms with E-state index >= 15 is 0 Å². The topological polar surface area (TPSA) is 114 Å². The van der Waals surface area contributed by atoms with E-state index in [4.69, 9.17) is 14.7 Å². The van der Waals surface area contributed by atoms with Crippen LogP contribution in [-0.4, -0.2) is 42.3 Å². The van der Waals surface area contributed by atoms with Gasteiger partial charge in [-0.1, -0.05) is 55.0 Å². The fourth-order valence-corrected chi connectivity index (χ4v) is 4.73. The number of hydrogen-bond donors (Lipinski definition) is 3. The number of carbonyl (C=O) groups is 3. The number of amides is 2. The summed E-state index contributed by atoms with van der Waals surface area (Å²) in [7, 11) is 0. The zero-order chi connectivity index (χ0) is 22.7. The first-order chi connectivity index (χ1) is 15.4. The van der Waals surface area contributed by atoms with Crippen molar-refractivity contribution in [2.45, 2.75) is 38.1 Å². The molecule has 3 N–H and O–H groups in total. The standard InChI is InChI=1S/C24H26N2O6/c1-24(22(29)26-32-14-21(27)28)12-6-11-20(24)25-23(30)31-13-19-17-9-4-2-7-15(17)16-8-3-5-10-18(16)19/h2-5,7-10,19-20H,6,11-14H2,1H3,(H,25,30)(H,26,29)(H,27,28). The summed E-state index contributed by atoms with van der Waals surface area (Å²) in [6.45, 7) is 1.29. The Morgan fingerprint density at radius 1 is 1.06 bits per heavy atom. The number of benzene rings is 2. The highest BCUT2D eigenvalue weighted by Crippen LogP contribution is 2.44. The van der Waals surface area contributed by atoms with Crippen LogP contribution in [0.1, 0.15) is 43.2 Å². The zero-order valence-electron chi connectivity index (χ0n) is 17.8. The molecule has 2 aromatic rings. The molecule has 2 atom stereocenters. The van der Waals surface area contributed by atoms with Crippen LogP contribution in [0, 0.1) is 5.41 Å². The van der Waals surface area contributed by atoms with Gasteiger partial charge in [0, 0.05) is 12.0 Å². The Balaban J connectivity index is 1.38. The quantitative estimate of drug-likeness (QED) is 0.572. The molecule has 2 amide bonds. The number of carbonyl (C=O) groups excluding carboxylic acids is 2. The van der Waals surface area contributed by atoms with Crippen LogP contribution in [0.2, 0.25) is 0 Å². The van der Waals surface area contributed by atoms with Crippen LogP contribution in [0.15, 0.2) is 48.5 Å². The molecule has 0 aromatic heterocycles. The average molecular weight is 438 g/mol. The highest BCUT2D eigenvalue weighted by Gasteiger charge is 2.46. The number of hydrogen-bond acceptors (Lipinski definition) is 5. The van der Waals surface area contributed by atoms with Gasteiger partial charge in [-0.05, 0) is 42.0 Å². The second-order valence-corrected chi connectivity index (χ2v) is 8.45. The summed E-state index contributed by atoms with van der Waals surface area (Å²) >= 11 is 0. The number of rotatable bonds is 7. The van der Waals surface area contributed by atoms with Gasteiger partial charge >= 0.3 is 12.1 Å². The van der Waals surface area contributed by atoms with Gasteiger partial charge in [0.25, 0.3) is 5.91 Å². The second-order valence-electron chi connectivity index (χ2n) is 8.45. The van der Waals surface area contributed by atoms with Crippen LogP contribution >= 0.6 is 0 Å². The molecule has 1 fully saturated rings. The maximum Gasteiger partial charge on any atom is 0.407 e. The molecule has 0 radical (unpaired) electrons. The minimum absolute atomic E-state index is 0.0455. The Morgan fingerprint density at radius 3 is 2.31 bits per heavy atom. The van der Waals surface area contributed by atoms with Crippen molar-refractivity contribution in [2.24, 2.45) is 5.41 Å². The Hall–Kier alpha value is -3.39. The number of fused-ring (bicyclic) bond motifs is 3. The monoisotopic (exact) mass is 438 g/mol. The molecule has 8 heteroatoms. The van der Waals surface area contributed by atoms with Gasteiger partial charge in [-0.3, -0.25) is 9.63 Å². The first kappa shape index (κ1) is 21.8. The lowest BCUT2D eigenvalue weighted by molar-refractivity contribution is -0.153. The molecule has 0 aliphatic heterocycles. The van der Waals surface area contributed by atoms with Crippen molar-refractivity contribution in [1.29, 1.82) is 0 Å². The molecule has 8 nitrogen and oxygen atoms in total. The summed E-state index contributed by atoms with van der Waals surface area (Å²) in [6.07, 6.45) is 1.33. The zero-order valence-corrected chi connectivity index (χ0v) is 17.8. The van der Waals surface area contributed by atoms with Crippen molar-refractivity contribution in [1.82, 2.24) is 10.8 Å². The summed E-state index contributed by atoms with van der Waals surface area (Å²) < 4.78 is 5.60. The molecule has 1 saturated carbocycles. The Labute approximate surface area is 185 Å². The van der Waals surface area contributed by atoms with Gasteiger partial charge in [0.2, 0.25) is 0 Å². The van der Waals surface area contributed by atoms with Gasteiger partial charge in [0.15, 0.2) is 6.61 Å². The summed E-state index contributed by atoms with van der Waals surface area (Å²) in [6, 6.07) is 15.8. The van der Waals surface area contributed by atoms with Crippen LogP contribution in [-0.2, 0) is 19.2 Å². The maximum absolute atomic E-state index is 12.6. The summed E-state index contributed by atoms with van der Waals surface area (Å²) in [5.41, 5.74) is 5.83. The van der Waals surface area contributed by atoms with Gasteiger partial charge in [0.1, 0.15) is 6.61 Å². The summed E-state index contributed by atoms with van der Waals surface area (Å²) in [5, 5.41) is 11.5. The van der Waals surface area contributed by atoms with Crippen molar-refractivity contribution >= 4 is 18.0 Å². The van der Waals surface area contributed by atoms with Crippen LogP contribution in [0.5, 0.6) is 0 Å². The summed E-state index contributed by atoms with van der Waals surface area (Å²) in [5.74, 6) is -1.69. The molecule has 0 heterocycles. The normalized spacial score (nSPS) is 21.5. The lowest BCUT2D eigenvalue weighted by atomic mass is 9.84. The highest BCUT2D eigenvalue weighted by atomic mass is 16.7. The predicted octanol–water partition coefficient (Wildman–Crippen LogP) is 3.22. The molecule has 32 heavy (non-hydrogen) atoms. The number of ether oxygens (including phenoxy) is 1. The molecule has 2 aliphatic carbocycles. The molecule has 0 spiro atoms. The molecular weight excluding hydrogens is 412 g/mol. The van der Waals surface area contributed by atoms with E-state index in [0.717, 1.165) is 28.7 Å². The first-order valence-corrected chi connectivity index (χ1v) is 10.7. The largest absolute Gasteiger partial charge is 0.479 e. The Bertz CT molecular complexity index is 993. The number of hydroxylamine groups is 1. The van der Waals surface area contributed by atoms with Gasteiger partial charge in [-0.15, -0.1) is 0 Å². The number of aliphatic carboxylic acids is 1. The Kier molecular flexibility index (Phi) is 6.14. The maximum atomic E-state index is 12.6. The molecule has 2 aliphatic rings. The van der Waals surface area contributed by atoms with E-state index in [1.807, 2.05) is 24.3 Å². The smallest absolute Gasteiger partial charge is 0.407 e. The van der Waals surface area contributed by atoms with E-state index in [1.54, 1.807) is 6.92 Å². The van der Waals surface area contributed by atoms with E-state index < -0.39 is 36.0 Å². The van der Waals surface area contributed by atoms with E-state index in [-0.39, 0.29) is 12.5 Å². The van der Waals surface area contributed by atoms with Gasteiger partial charge in [-0.2, -0.15) is 0 Å². The number of nitrogens with one attached hydrogen (secondary N) is 2. The third-order valence-corrected chi connectivity index (χ3v) is 6.47. The van der Waals surface area contributed by atoms with Gasteiger partial charge < -0.3 is 15.2 Å².